The number of benzene rings is 1. The van der Waals surface area contributed by atoms with Crippen LogP contribution < -0.4 is 10.2 Å². The van der Waals surface area contributed by atoms with Gasteiger partial charge in [0.1, 0.15) is 0 Å². The molecule has 1 fully saturated rings. The van der Waals surface area contributed by atoms with E-state index < -0.39 is 0 Å². The van der Waals surface area contributed by atoms with Gasteiger partial charge in [-0.2, -0.15) is 0 Å². The summed E-state index contributed by atoms with van der Waals surface area (Å²) < 4.78 is 0. The largest absolute Gasteiger partial charge is 0.356 e. The summed E-state index contributed by atoms with van der Waals surface area (Å²) in [7, 11) is 0. The van der Waals surface area contributed by atoms with Crippen molar-refractivity contribution in [3.05, 3.63) is 28.8 Å². The van der Waals surface area contributed by atoms with E-state index in [4.69, 9.17) is 11.6 Å². The predicted octanol–water partition coefficient (Wildman–Crippen LogP) is 4.09. The van der Waals surface area contributed by atoms with Crippen molar-refractivity contribution in [1.29, 1.82) is 0 Å². The van der Waals surface area contributed by atoms with Crippen molar-refractivity contribution in [2.75, 3.05) is 18.0 Å². The minimum absolute atomic E-state index is 0.0143. The number of nitrogens with zero attached hydrogens (tertiary/aromatic N) is 1. The second kappa shape index (κ2) is 9.07. The first-order chi connectivity index (χ1) is 11.5. The molecule has 1 aliphatic rings. The molecule has 132 valence electrons. The number of hydrogen-bond acceptors (Lipinski definition) is 2. The zero-order valence-corrected chi connectivity index (χ0v) is 15.4. The summed E-state index contributed by atoms with van der Waals surface area (Å²) in [5.41, 5.74) is 1.75. The van der Waals surface area contributed by atoms with Gasteiger partial charge in [-0.05, 0) is 31.0 Å². The molecule has 1 saturated heterocycles. The van der Waals surface area contributed by atoms with Crippen molar-refractivity contribution >= 4 is 29.1 Å². The van der Waals surface area contributed by atoms with Crippen LogP contribution in [-0.2, 0) is 9.59 Å². The number of unbranched alkanes of at least 4 members (excludes halogenated alkanes) is 4. The fourth-order valence-corrected chi connectivity index (χ4v) is 3.14. The number of carbonyl (C=O) groups excluding carboxylic acids is 2. The van der Waals surface area contributed by atoms with Gasteiger partial charge in [-0.15, -0.1) is 0 Å². The van der Waals surface area contributed by atoms with Crippen molar-refractivity contribution in [1.82, 2.24) is 5.32 Å². The number of nitrogens with one attached hydrogen (secondary N) is 1. The minimum Gasteiger partial charge on any atom is -0.356 e. The van der Waals surface area contributed by atoms with Crippen LogP contribution >= 0.6 is 11.6 Å². The van der Waals surface area contributed by atoms with Crippen LogP contribution in [0.15, 0.2) is 18.2 Å². The lowest BCUT2D eigenvalue weighted by Gasteiger charge is -2.17. The number of aryl methyl sites for hydroxylation is 1. The number of carbonyl (C=O) groups is 2. The van der Waals surface area contributed by atoms with E-state index in [9.17, 15) is 9.59 Å². The highest BCUT2D eigenvalue weighted by atomic mass is 35.5. The summed E-state index contributed by atoms with van der Waals surface area (Å²) in [6.45, 7) is 5.24. The number of hydrogen-bond donors (Lipinski definition) is 1. The van der Waals surface area contributed by atoms with Crippen LogP contribution in [0.1, 0.15) is 51.0 Å². The highest BCUT2D eigenvalue weighted by Gasteiger charge is 2.35. The second-order valence-electron chi connectivity index (χ2n) is 6.54. The zero-order chi connectivity index (χ0) is 17.5. The molecule has 5 heteroatoms. The predicted molar refractivity (Wildman–Crippen MR) is 98.4 cm³/mol. The van der Waals surface area contributed by atoms with Gasteiger partial charge in [-0.1, -0.05) is 50.3 Å². The molecule has 0 aromatic heterocycles. The van der Waals surface area contributed by atoms with Crippen LogP contribution in [0.3, 0.4) is 0 Å². The van der Waals surface area contributed by atoms with Gasteiger partial charge in [-0.25, -0.2) is 0 Å². The Morgan fingerprint density at radius 2 is 2.04 bits per heavy atom. The second-order valence-corrected chi connectivity index (χ2v) is 6.95. The Balaban J connectivity index is 1.82. The fraction of sp³-hybridized carbons (Fsp3) is 0.579. The number of halogens is 1. The quantitative estimate of drug-likeness (QED) is 0.718. The van der Waals surface area contributed by atoms with E-state index in [0.29, 0.717) is 18.1 Å². The van der Waals surface area contributed by atoms with Gasteiger partial charge in [0, 0.05) is 30.2 Å². The molecular formula is C19H27ClN2O2. The normalized spacial score (nSPS) is 17.4. The third-order valence-corrected chi connectivity index (χ3v) is 4.95. The maximum Gasteiger partial charge on any atom is 0.227 e. The average molecular weight is 351 g/mol. The molecule has 1 aromatic rings. The Kier molecular flexibility index (Phi) is 7.10. The third kappa shape index (κ3) is 4.97. The van der Waals surface area contributed by atoms with E-state index >= 15 is 0 Å². The van der Waals surface area contributed by atoms with E-state index in [2.05, 4.69) is 12.2 Å². The molecule has 2 amide bonds. The standard InChI is InChI=1S/C19H27ClN2O2/c1-3-4-5-6-7-10-21-19(24)15-11-18(23)22(13-15)16-9-8-14(2)17(20)12-16/h8-9,12,15H,3-7,10-11,13H2,1-2H3,(H,21,24). The Morgan fingerprint density at radius 3 is 2.75 bits per heavy atom. The van der Waals surface area contributed by atoms with Crippen LogP contribution in [-0.4, -0.2) is 24.9 Å². The van der Waals surface area contributed by atoms with Crippen LogP contribution in [0.4, 0.5) is 5.69 Å². The van der Waals surface area contributed by atoms with E-state index in [1.54, 1.807) is 11.0 Å². The SMILES string of the molecule is CCCCCCCNC(=O)C1CC(=O)N(c2ccc(C)c(Cl)c2)C1. The monoisotopic (exact) mass is 350 g/mol. The molecule has 4 nitrogen and oxygen atoms in total. The van der Waals surface area contributed by atoms with Gasteiger partial charge in [-0.3, -0.25) is 9.59 Å². The fourth-order valence-electron chi connectivity index (χ4n) is 2.97. The molecule has 0 aliphatic carbocycles. The molecule has 24 heavy (non-hydrogen) atoms. The maximum atomic E-state index is 12.3. The van der Waals surface area contributed by atoms with Crippen LogP contribution in [0, 0.1) is 12.8 Å². The van der Waals surface area contributed by atoms with Gasteiger partial charge in [0.15, 0.2) is 0 Å². The summed E-state index contributed by atoms with van der Waals surface area (Å²) in [5.74, 6) is -0.300. The highest BCUT2D eigenvalue weighted by Crippen LogP contribution is 2.28. The Bertz CT molecular complexity index is 589. The van der Waals surface area contributed by atoms with Gasteiger partial charge in [0.2, 0.25) is 11.8 Å². The number of rotatable bonds is 8. The highest BCUT2D eigenvalue weighted by molar-refractivity contribution is 6.31. The lowest BCUT2D eigenvalue weighted by atomic mass is 10.1. The zero-order valence-electron chi connectivity index (χ0n) is 14.6. The molecule has 1 aliphatic heterocycles. The van der Waals surface area contributed by atoms with Crippen molar-refractivity contribution in [3.8, 4) is 0 Å². The molecule has 1 unspecified atom stereocenters. The van der Waals surface area contributed by atoms with Crippen molar-refractivity contribution in [2.24, 2.45) is 5.92 Å². The first-order valence-electron chi connectivity index (χ1n) is 8.87. The number of amides is 2. The maximum absolute atomic E-state index is 12.3. The average Bonchev–Trinajstić information content (AvgIpc) is 2.95. The molecule has 1 atom stereocenters. The molecule has 1 heterocycles. The van der Waals surface area contributed by atoms with Crippen molar-refractivity contribution in [3.63, 3.8) is 0 Å². The Labute approximate surface area is 149 Å². The molecule has 1 N–H and O–H groups in total. The smallest absolute Gasteiger partial charge is 0.227 e. The molecular weight excluding hydrogens is 324 g/mol. The summed E-state index contributed by atoms with van der Waals surface area (Å²) in [6, 6.07) is 5.57. The summed E-state index contributed by atoms with van der Waals surface area (Å²) >= 11 is 6.14. The first-order valence-corrected chi connectivity index (χ1v) is 9.25. The molecule has 0 bridgehead atoms. The topological polar surface area (TPSA) is 49.4 Å². The number of anilines is 1. The lowest BCUT2D eigenvalue weighted by molar-refractivity contribution is -0.126. The third-order valence-electron chi connectivity index (χ3n) is 4.54. The minimum atomic E-state index is -0.270. The van der Waals surface area contributed by atoms with Crippen molar-refractivity contribution < 1.29 is 9.59 Å². The van der Waals surface area contributed by atoms with Gasteiger partial charge < -0.3 is 10.2 Å². The Morgan fingerprint density at radius 1 is 1.29 bits per heavy atom. The van der Waals surface area contributed by atoms with Gasteiger partial charge in [0.05, 0.1) is 5.92 Å². The van der Waals surface area contributed by atoms with E-state index in [1.165, 1.54) is 19.3 Å². The summed E-state index contributed by atoms with van der Waals surface area (Å²) in [4.78, 5) is 26.2. The van der Waals surface area contributed by atoms with E-state index in [-0.39, 0.29) is 24.2 Å². The van der Waals surface area contributed by atoms with Gasteiger partial charge in [0.25, 0.3) is 0 Å². The molecule has 0 radical (unpaired) electrons. The van der Waals surface area contributed by atoms with Crippen molar-refractivity contribution in [2.45, 2.75) is 52.4 Å². The van der Waals surface area contributed by atoms with Crippen LogP contribution in [0.5, 0.6) is 0 Å². The summed E-state index contributed by atoms with van der Waals surface area (Å²) in [6.07, 6.45) is 6.10. The molecule has 0 spiro atoms. The van der Waals surface area contributed by atoms with Gasteiger partial charge >= 0.3 is 0 Å². The molecule has 2 rings (SSSR count). The Hall–Kier alpha value is -1.55. The van der Waals surface area contributed by atoms with E-state index in [1.807, 2.05) is 19.1 Å². The molecule has 0 saturated carbocycles. The van der Waals surface area contributed by atoms with E-state index in [0.717, 1.165) is 24.1 Å². The molecule has 1 aromatic carbocycles. The van der Waals surface area contributed by atoms with Crippen LogP contribution in [0.2, 0.25) is 5.02 Å². The summed E-state index contributed by atoms with van der Waals surface area (Å²) in [5, 5.41) is 3.61. The van der Waals surface area contributed by atoms with Crippen LogP contribution in [0.25, 0.3) is 0 Å². The lowest BCUT2D eigenvalue weighted by Crippen LogP contribution is -2.33. The first kappa shape index (κ1) is 18.8.